The van der Waals surface area contributed by atoms with Gasteiger partial charge >= 0.3 is 5.97 Å². The van der Waals surface area contributed by atoms with Crippen LogP contribution in [0.2, 0.25) is 0 Å². The molecule has 1 saturated heterocycles. The normalized spacial score (nSPS) is 16.6. The van der Waals surface area contributed by atoms with E-state index in [0.717, 1.165) is 27.6 Å². The number of nitrogens with one attached hydrogen (secondary N) is 3. The number of carboxylic acids is 1. The summed E-state index contributed by atoms with van der Waals surface area (Å²) in [5.74, 6) is -2.60. The van der Waals surface area contributed by atoms with E-state index in [9.17, 15) is 29.4 Å². The van der Waals surface area contributed by atoms with Crippen molar-refractivity contribution in [3.8, 4) is 5.75 Å². The number of carbonyl (C=O) groups excluding carboxylic acids is 3. The number of carbonyl (C=O) groups is 4. The summed E-state index contributed by atoms with van der Waals surface area (Å²) in [5, 5.41) is 25.8. The molecule has 0 saturated carbocycles. The van der Waals surface area contributed by atoms with E-state index in [1.807, 2.05) is 54.6 Å². The number of carboxylic acid groups (broad SMARTS) is 1. The van der Waals surface area contributed by atoms with Crippen molar-refractivity contribution < 1.29 is 29.4 Å². The number of aromatic amines is 1. The minimum absolute atomic E-state index is 0.0668. The molecule has 1 aliphatic heterocycles. The molecule has 0 spiro atoms. The molecule has 4 atom stereocenters. The molecule has 5 rings (SSSR count). The molecular formula is C34H37N5O6. The molecule has 3 aromatic carbocycles. The Bertz CT molecular complexity index is 1650. The molecule has 0 aliphatic carbocycles. The standard InChI is InChI=1S/C34H37N5O6/c35-26(17-22-12-14-24(40)15-13-22)31(41)37-28(18-21-7-2-1-3-8-21)33(43)39-16-6-11-30(39)32(42)38-29(34(44)45)19-23-20-36-27-10-5-4-9-25(23)27/h1-5,7-10,12-15,20,26,28-30,36,40H,6,11,16-19,35H2,(H,37,41)(H,38,42)(H,44,45). The van der Waals surface area contributed by atoms with Gasteiger partial charge in [0.15, 0.2) is 0 Å². The smallest absolute Gasteiger partial charge is 0.326 e. The van der Waals surface area contributed by atoms with Gasteiger partial charge in [0.05, 0.1) is 6.04 Å². The van der Waals surface area contributed by atoms with E-state index in [0.29, 0.717) is 12.8 Å². The zero-order valence-corrected chi connectivity index (χ0v) is 24.7. The Morgan fingerprint density at radius 1 is 0.867 bits per heavy atom. The van der Waals surface area contributed by atoms with Crippen LogP contribution in [0.5, 0.6) is 5.75 Å². The summed E-state index contributed by atoms with van der Waals surface area (Å²) in [4.78, 5) is 57.4. The predicted octanol–water partition coefficient (Wildman–Crippen LogP) is 2.27. The van der Waals surface area contributed by atoms with Gasteiger partial charge in [0.2, 0.25) is 17.7 Å². The van der Waals surface area contributed by atoms with Crippen LogP contribution < -0.4 is 16.4 Å². The van der Waals surface area contributed by atoms with Gasteiger partial charge in [-0.05, 0) is 54.2 Å². The number of phenols is 1. The van der Waals surface area contributed by atoms with Gasteiger partial charge in [0.25, 0.3) is 0 Å². The van der Waals surface area contributed by atoms with E-state index in [2.05, 4.69) is 15.6 Å². The highest BCUT2D eigenvalue weighted by molar-refractivity contribution is 5.95. The van der Waals surface area contributed by atoms with E-state index in [-0.39, 0.29) is 31.6 Å². The summed E-state index contributed by atoms with van der Waals surface area (Å²) in [7, 11) is 0. The fourth-order valence-corrected chi connectivity index (χ4v) is 5.80. The van der Waals surface area contributed by atoms with Crippen molar-refractivity contribution in [3.05, 3.63) is 102 Å². The van der Waals surface area contributed by atoms with Crippen molar-refractivity contribution in [1.82, 2.24) is 20.5 Å². The zero-order chi connectivity index (χ0) is 31.9. The lowest BCUT2D eigenvalue weighted by atomic mass is 10.0. The summed E-state index contributed by atoms with van der Waals surface area (Å²) < 4.78 is 0. The van der Waals surface area contributed by atoms with Gasteiger partial charge in [-0.2, -0.15) is 0 Å². The number of amides is 3. The number of hydrogen-bond acceptors (Lipinski definition) is 6. The molecule has 0 radical (unpaired) electrons. The van der Waals surface area contributed by atoms with Crippen LogP contribution in [-0.2, 0) is 38.4 Å². The van der Waals surface area contributed by atoms with E-state index in [4.69, 9.17) is 5.73 Å². The van der Waals surface area contributed by atoms with Crippen LogP contribution >= 0.6 is 0 Å². The van der Waals surface area contributed by atoms with E-state index >= 15 is 0 Å². The highest BCUT2D eigenvalue weighted by Gasteiger charge is 2.39. The topological polar surface area (TPSA) is 178 Å². The molecule has 1 fully saturated rings. The number of H-pyrrole nitrogens is 1. The van der Waals surface area contributed by atoms with Gasteiger partial charge < -0.3 is 36.5 Å². The molecular weight excluding hydrogens is 574 g/mol. The second kappa shape index (κ2) is 14.1. The molecule has 45 heavy (non-hydrogen) atoms. The van der Waals surface area contributed by atoms with Gasteiger partial charge in [0.1, 0.15) is 23.9 Å². The summed E-state index contributed by atoms with van der Waals surface area (Å²) in [6.07, 6.45) is 3.10. The average molecular weight is 612 g/mol. The number of nitrogens with two attached hydrogens (primary N) is 1. The number of aliphatic carboxylic acids is 1. The van der Waals surface area contributed by atoms with Gasteiger partial charge in [0, 0.05) is 36.5 Å². The van der Waals surface area contributed by atoms with Gasteiger partial charge in [-0.1, -0.05) is 60.7 Å². The molecule has 0 bridgehead atoms. The lowest BCUT2D eigenvalue weighted by Crippen LogP contribution is -2.57. The van der Waals surface area contributed by atoms with Gasteiger partial charge in [-0.3, -0.25) is 14.4 Å². The lowest BCUT2D eigenvalue weighted by Gasteiger charge is -2.30. The van der Waals surface area contributed by atoms with Crippen LogP contribution in [0.15, 0.2) is 85.1 Å². The van der Waals surface area contributed by atoms with Crippen molar-refractivity contribution in [2.75, 3.05) is 6.54 Å². The number of aromatic nitrogens is 1. The number of para-hydroxylation sites is 1. The van der Waals surface area contributed by atoms with E-state index < -0.39 is 47.9 Å². The van der Waals surface area contributed by atoms with Crippen molar-refractivity contribution in [2.24, 2.45) is 5.73 Å². The van der Waals surface area contributed by atoms with Crippen LogP contribution in [-0.4, -0.2) is 74.5 Å². The largest absolute Gasteiger partial charge is 0.508 e. The van der Waals surface area contributed by atoms with Crippen molar-refractivity contribution in [3.63, 3.8) is 0 Å². The summed E-state index contributed by atoms with van der Waals surface area (Å²) in [6, 6.07) is 19.0. The summed E-state index contributed by atoms with van der Waals surface area (Å²) in [5.41, 5.74) is 9.39. The lowest BCUT2D eigenvalue weighted by molar-refractivity contribution is -0.144. The number of benzene rings is 3. The number of aromatic hydroxyl groups is 1. The van der Waals surface area contributed by atoms with E-state index in [1.54, 1.807) is 18.3 Å². The molecule has 3 amide bonds. The number of nitrogens with zero attached hydrogens (tertiary/aromatic N) is 1. The third kappa shape index (κ3) is 7.68. The van der Waals surface area contributed by atoms with Crippen LogP contribution in [0.4, 0.5) is 0 Å². The third-order valence-electron chi connectivity index (χ3n) is 8.18. The second-order valence-electron chi connectivity index (χ2n) is 11.4. The number of likely N-dealkylation sites (tertiary alicyclic amines) is 1. The third-order valence-corrected chi connectivity index (χ3v) is 8.18. The molecule has 11 nitrogen and oxygen atoms in total. The van der Waals surface area contributed by atoms with Crippen LogP contribution in [0.25, 0.3) is 10.9 Å². The molecule has 4 unspecified atom stereocenters. The van der Waals surface area contributed by atoms with Crippen molar-refractivity contribution in [2.45, 2.75) is 56.3 Å². The maximum absolute atomic E-state index is 14.0. The van der Waals surface area contributed by atoms with Crippen LogP contribution in [0.3, 0.4) is 0 Å². The molecule has 234 valence electrons. The Morgan fingerprint density at radius 3 is 2.29 bits per heavy atom. The Kier molecular flexibility index (Phi) is 9.79. The molecule has 4 aromatic rings. The predicted molar refractivity (Wildman–Crippen MR) is 168 cm³/mol. The highest BCUT2D eigenvalue weighted by Crippen LogP contribution is 2.22. The first-order valence-electron chi connectivity index (χ1n) is 15.0. The maximum Gasteiger partial charge on any atom is 0.326 e. The number of rotatable bonds is 12. The number of hydrogen-bond donors (Lipinski definition) is 6. The minimum atomic E-state index is -1.20. The Morgan fingerprint density at radius 2 is 1.56 bits per heavy atom. The minimum Gasteiger partial charge on any atom is -0.508 e. The Hall–Kier alpha value is -5.16. The monoisotopic (exact) mass is 611 g/mol. The highest BCUT2D eigenvalue weighted by atomic mass is 16.4. The molecule has 1 aliphatic rings. The van der Waals surface area contributed by atoms with Gasteiger partial charge in [-0.25, -0.2) is 4.79 Å². The van der Waals surface area contributed by atoms with Crippen molar-refractivity contribution in [1.29, 1.82) is 0 Å². The second-order valence-corrected chi connectivity index (χ2v) is 11.4. The fraction of sp³-hybridized carbons (Fsp3) is 0.294. The van der Waals surface area contributed by atoms with E-state index in [1.165, 1.54) is 17.0 Å². The quantitative estimate of drug-likeness (QED) is 0.142. The molecule has 11 heteroatoms. The first kappa shape index (κ1) is 31.3. The number of fused-ring (bicyclic) bond motifs is 1. The fourth-order valence-electron chi connectivity index (χ4n) is 5.80. The number of phenolic OH excluding ortho intramolecular Hbond substituents is 1. The summed E-state index contributed by atoms with van der Waals surface area (Å²) >= 11 is 0. The molecule has 7 N–H and O–H groups in total. The maximum atomic E-state index is 14.0. The van der Waals surface area contributed by atoms with Gasteiger partial charge in [-0.15, -0.1) is 0 Å². The first-order valence-corrected chi connectivity index (χ1v) is 15.0. The molecule has 1 aromatic heterocycles. The zero-order valence-electron chi connectivity index (χ0n) is 24.7. The Labute approximate surface area is 260 Å². The summed E-state index contributed by atoms with van der Waals surface area (Å²) in [6.45, 7) is 0.290. The molecule has 2 heterocycles. The average Bonchev–Trinajstić information content (AvgIpc) is 3.69. The first-order chi connectivity index (χ1) is 21.7. The van der Waals surface area contributed by atoms with Crippen LogP contribution in [0.1, 0.15) is 29.5 Å². The van der Waals surface area contributed by atoms with Crippen molar-refractivity contribution >= 4 is 34.6 Å². The van der Waals surface area contributed by atoms with Crippen LogP contribution in [0, 0.1) is 0 Å². The SMILES string of the molecule is NC(Cc1ccc(O)cc1)C(=O)NC(Cc1ccccc1)C(=O)N1CCCC1C(=O)NC(Cc1c[nH]c2ccccc12)C(=O)O. The Balaban J connectivity index is 1.29.